The van der Waals surface area contributed by atoms with Crippen LogP contribution in [0, 0.1) is 18.8 Å². The van der Waals surface area contributed by atoms with E-state index in [1.165, 1.54) is 11.1 Å². The van der Waals surface area contributed by atoms with E-state index in [0.29, 0.717) is 24.9 Å². The second-order valence-corrected chi connectivity index (χ2v) is 9.55. The van der Waals surface area contributed by atoms with Gasteiger partial charge in [0, 0.05) is 23.0 Å². The number of carbonyl (C=O) groups excluding carboxylic acids is 1. The van der Waals surface area contributed by atoms with E-state index < -0.39 is 0 Å². The summed E-state index contributed by atoms with van der Waals surface area (Å²) in [6.07, 6.45) is 4.11. The minimum absolute atomic E-state index is 0.0893. The van der Waals surface area contributed by atoms with Crippen molar-refractivity contribution in [1.82, 2.24) is 4.90 Å². The van der Waals surface area contributed by atoms with Gasteiger partial charge in [0.25, 0.3) is 0 Å². The first-order valence-corrected chi connectivity index (χ1v) is 12.3. The lowest BCUT2D eigenvalue weighted by Gasteiger charge is -2.33. The van der Waals surface area contributed by atoms with Crippen molar-refractivity contribution in [1.29, 1.82) is 0 Å². The third kappa shape index (κ3) is 5.13. The van der Waals surface area contributed by atoms with Crippen molar-refractivity contribution in [2.24, 2.45) is 11.8 Å². The molecule has 2 aromatic carbocycles. The largest absolute Gasteiger partial charge is 0.490 e. The van der Waals surface area contributed by atoms with Crippen LogP contribution in [0.2, 0.25) is 5.02 Å². The molecule has 172 valence electrons. The molecule has 0 spiro atoms. The molecule has 2 aromatic rings. The molecular weight excluding hydrogens is 422 g/mol. The zero-order valence-electron chi connectivity index (χ0n) is 19.5. The van der Waals surface area contributed by atoms with E-state index in [1.807, 2.05) is 38.1 Å². The predicted molar refractivity (Wildman–Crippen MR) is 129 cm³/mol. The smallest absolute Gasteiger partial charge is 0.166 e. The number of rotatable bonds is 8. The fraction of sp³-hybridized carbons (Fsp3) is 0.519. The number of ether oxygens (including phenoxy) is 2. The molecule has 32 heavy (non-hydrogen) atoms. The number of likely N-dealkylation sites (tertiary alicyclic amines) is 1. The summed E-state index contributed by atoms with van der Waals surface area (Å²) in [6, 6.07) is 10.1. The molecule has 1 unspecified atom stereocenters. The second kappa shape index (κ2) is 10.3. The SMILES string of the molecule is CCOc1cc2c(cc1OCC)C(=O)C(CC1CCN(Cc3ccc(Cl)cc3C)CC1)C2. The standard InChI is InChI=1S/C27H34ClNO3/c1-4-31-25-15-21-14-22(27(30)24(21)16-26(25)32-5-2)13-19-8-10-29(11-9-19)17-20-6-7-23(28)12-18(20)3/h6-7,12,15-16,19,22H,4-5,8-11,13-14,17H2,1-3H3. The molecule has 2 aliphatic rings. The number of hydrogen-bond donors (Lipinski definition) is 0. The number of halogens is 1. The Labute approximate surface area is 196 Å². The average molecular weight is 456 g/mol. The molecule has 0 amide bonds. The summed E-state index contributed by atoms with van der Waals surface area (Å²) in [5.74, 6) is 2.42. The Balaban J connectivity index is 1.34. The van der Waals surface area contributed by atoms with E-state index in [4.69, 9.17) is 21.1 Å². The Morgan fingerprint density at radius 1 is 1.03 bits per heavy atom. The van der Waals surface area contributed by atoms with Crippen molar-refractivity contribution in [3.05, 3.63) is 57.6 Å². The van der Waals surface area contributed by atoms with Crippen LogP contribution in [0.15, 0.2) is 30.3 Å². The fourth-order valence-corrected chi connectivity index (χ4v) is 5.39. The van der Waals surface area contributed by atoms with Crippen molar-refractivity contribution in [3.63, 3.8) is 0 Å². The zero-order valence-corrected chi connectivity index (χ0v) is 20.2. The average Bonchev–Trinajstić information content (AvgIpc) is 3.06. The van der Waals surface area contributed by atoms with Crippen LogP contribution in [0.5, 0.6) is 11.5 Å². The van der Waals surface area contributed by atoms with Crippen LogP contribution in [0.25, 0.3) is 0 Å². The maximum Gasteiger partial charge on any atom is 0.166 e. The molecule has 0 saturated carbocycles. The Morgan fingerprint density at radius 2 is 1.72 bits per heavy atom. The van der Waals surface area contributed by atoms with Crippen molar-refractivity contribution in [2.45, 2.75) is 53.0 Å². The molecule has 0 radical (unpaired) electrons. The molecule has 1 aliphatic carbocycles. The molecule has 5 heteroatoms. The third-order valence-corrected chi connectivity index (χ3v) is 7.13. The number of Topliss-reactive ketones (excluding diaryl/α,β-unsaturated/α-hetero) is 1. The lowest BCUT2D eigenvalue weighted by Crippen LogP contribution is -2.34. The molecule has 0 aromatic heterocycles. The van der Waals surface area contributed by atoms with E-state index in [0.717, 1.165) is 67.2 Å². The van der Waals surface area contributed by atoms with Gasteiger partial charge < -0.3 is 9.47 Å². The highest BCUT2D eigenvalue weighted by molar-refractivity contribution is 6.30. The normalized spacial score (nSPS) is 19.2. The van der Waals surface area contributed by atoms with Crippen LogP contribution in [0.3, 0.4) is 0 Å². The number of piperidine rings is 1. The van der Waals surface area contributed by atoms with Crippen molar-refractivity contribution >= 4 is 17.4 Å². The quantitative estimate of drug-likeness (QED) is 0.481. The summed E-state index contributed by atoms with van der Waals surface area (Å²) in [4.78, 5) is 15.7. The molecule has 1 aliphatic heterocycles. The van der Waals surface area contributed by atoms with Crippen LogP contribution in [-0.4, -0.2) is 37.0 Å². The van der Waals surface area contributed by atoms with Crippen LogP contribution < -0.4 is 9.47 Å². The Hall–Kier alpha value is -2.04. The van der Waals surface area contributed by atoms with E-state index in [-0.39, 0.29) is 11.7 Å². The topological polar surface area (TPSA) is 38.8 Å². The number of aryl methyl sites for hydroxylation is 1. The van der Waals surface area contributed by atoms with Gasteiger partial charge in [-0.2, -0.15) is 0 Å². The lowest BCUT2D eigenvalue weighted by molar-refractivity contribution is 0.0895. The Kier molecular flexibility index (Phi) is 7.42. The minimum Gasteiger partial charge on any atom is -0.490 e. The zero-order chi connectivity index (χ0) is 22.7. The lowest BCUT2D eigenvalue weighted by atomic mass is 9.85. The van der Waals surface area contributed by atoms with Gasteiger partial charge in [0.05, 0.1) is 13.2 Å². The van der Waals surface area contributed by atoms with E-state index in [1.54, 1.807) is 0 Å². The number of nitrogens with zero attached hydrogens (tertiary/aromatic N) is 1. The molecule has 1 heterocycles. The Bertz CT molecular complexity index is 966. The van der Waals surface area contributed by atoms with Gasteiger partial charge in [-0.1, -0.05) is 17.7 Å². The summed E-state index contributed by atoms with van der Waals surface area (Å²) in [6.45, 7) is 10.4. The van der Waals surface area contributed by atoms with Gasteiger partial charge in [-0.15, -0.1) is 0 Å². The van der Waals surface area contributed by atoms with Crippen LogP contribution in [0.1, 0.15) is 60.2 Å². The second-order valence-electron chi connectivity index (χ2n) is 9.11. The number of carbonyl (C=O) groups is 1. The predicted octanol–water partition coefficient (Wildman–Crippen LogP) is 6.10. The Morgan fingerprint density at radius 3 is 2.38 bits per heavy atom. The molecule has 1 fully saturated rings. The van der Waals surface area contributed by atoms with Crippen LogP contribution in [0.4, 0.5) is 0 Å². The fourth-order valence-electron chi connectivity index (χ4n) is 5.17. The van der Waals surface area contributed by atoms with Gasteiger partial charge in [0.2, 0.25) is 0 Å². The third-order valence-electron chi connectivity index (χ3n) is 6.90. The van der Waals surface area contributed by atoms with Gasteiger partial charge >= 0.3 is 0 Å². The van der Waals surface area contributed by atoms with E-state index >= 15 is 0 Å². The van der Waals surface area contributed by atoms with Gasteiger partial charge in [0.15, 0.2) is 17.3 Å². The van der Waals surface area contributed by atoms with Crippen molar-refractivity contribution in [2.75, 3.05) is 26.3 Å². The van der Waals surface area contributed by atoms with Crippen molar-refractivity contribution in [3.8, 4) is 11.5 Å². The summed E-state index contributed by atoms with van der Waals surface area (Å²) < 4.78 is 11.5. The maximum atomic E-state index is 13.1. The summed E-state index contributed by atoms with van der Waals surface area (Å²) in [5.41, 5.74) is 4.55. The molecule has 0 N–H and O–H groups in total. The summed E-state index contributed by atoms with van der Waals surface area (Å²) in [5, 5.41) is 0.800. The van der Waals surface area contributed by atoms with Gasteiger partial charge in [0.1, 0.15) is 0 Å². The molecular formula is C27H34ClNO3. The molecule has 0 bridgehead atoms. The monoisotopic (exact) mass is 455 g/mol. The summed E-state index contributed by atoms with van der Waals surface area (Å²) in [7, 11) is 0. The van der Waals surface area contributed by atoms with Gasteiger partial charge in [-0.05, 0) is 106 Å². The number of benzene rings is 2. The highest BCUT2D eigenvalue weighted by atomic mass is 35.5. The number of ketones is 1. The van der Waals surface area contributed by atoms with Gasteiger partial charge in [-0.25, -0.2) is 0 Å². The minimum atomic E-state index is 0.0893. The van der Waals surface area contributed by atoms with Crippen LogP contribution >= 0.6 is 11.6 Å². The molecule has 4 nitrogen and oxygen atoms in total. The first kappa shape index (κ1) is 23.1. The van der Waals surface area contributed by atoms with Crippen molar-refractivity contribution < 1.29 is 14.3 Å². The summed E-state index contributed by atoms with van der Waals surface area (Å²) >= 11 is 6.10. The highest BCUT2D eigenvalue weighted by Crippen LogP contribution is 2.40. The molecule has 1 saturated heterocycles. The molecule has 4 rings (SSSR count). The number of fused-ring (bicyclic) bond motifs is 1. The van der Waals surface area contributed by atoms with E-state index in [2.05, 4.69) is 17.9 Å². The highest BCUT2D eigenvalue weighted by Gasteiger charge is 2.34. The first-order chi connectivity index (χ1) is 15.5. The first-order valence-electron chi connectivity index (χ1n) is 11.9. The molecule has 1 atom stereocenters. The maximum absolute atomic E-state index is 13.1. The van der Waals surface area contributed by atoms with E-state index in [9.17, 15) is 4.79 Å². The number of hydrogen-bond acceptors (Lipinski definition) is 4. The van der Waals surface area contributed by atoms with Crippen LogP contribution in [-0.2, 0) is 13.0 Å². The van der Waals surface area contributed by atoms with Gasteiger partial charge in [-0.3, -0.25) is 9.69 Å².